The van der Waals surface area contributed by atoms with Gasteiger partial charge >= 0.3 is 0 Å². The summed E-state index contributed by atoms with van der Waals surface area (Å²) in [6.45, 7) is 0.557. The minimum absolute atomic E-state index is 0.298. The van der Waals surface area contributed by atoms with Crippen LogP contribution in [0.15, 0.2) is 24.3 Å². The molecule has 1 aromatic carbocycles. The third-order valence-corrected chi connectivity index (χ3v) is 3.02. The molecule has 2 rings (SSSR count). The highest BCUT2D eigenvalue weighted by Crippen LogP contribution is 2.26. The maximum absolute atomic E-state index is 13.7. The van der Waals surface area contributed by atoms with E-state index in [2.05, 4.69) is 10.3 Å². The molecule has 17 heavy (non-hydrogen) atoms. The minimum atomic E-state index is -0.298. The second-order valence-corrected chi connectivity index (χ2v) is 4.10. The minimum Gasteiger partial charge on any atom is -0.318 e. The summed E-state index contributed by atoms with van der Waals surface area (Å²) in [5, 5.41) is 3.50. The highest BCUT2D eigenvalue weighted by atomic mass is 35.5. The van der Waals surface area contributed by atoms with Gasteiger partial charge in [0.2, 0.25) is 0 Å². The average Bonchev–Trinajstić information content (AvgIpc) is 2.59. The third kappa shape index (κ3) is 2.18. The van der Waals surface area contributed by atoms with Gasteiger partial charge in [-0.3, -0.25) is 0 Å². The first-order chi connectivity index (χ1) is 8.15. The Morgan fingerprint density at radius 2 is 2.12 bits per heavy atom. The Morgan fingerprint density at radius 3 is 2.76 bits per heavy atom. The van der Waals surface area contributed by atoms with Gasteiger partial charge in [0, 0.05) is 13.6 Å². The summed E-state index contributed by atoms with van der Waals surface area (Å²) in [7, 11) is 3.59. The number of aromatic nitrogens is 2. The summed E-state index contributed by atoms with van der Waals surface area (Å²) in [5.41, 5.74) is 1.18. The topological polar surface area (TPSA) is 29.9 Å². The molecule has 0 aliphatic carbocycles. The van der Waals surface area contributed by atoms with Crippen molar-refractivity contribution in [2.75, 3.05) is 7.05 Å². The number of benzene rings is 1. The van der Waals surface area contributed by atoms with Gasteiger partial charge in [-0.15, -0.1) is 0 Å². The van der Waals surface area contributed by atoms with Crippen LogP contribution in [0.5, 0.6) is 0 Å². The molecule has 1 N–H and O–H groups in total. The molecule has 0 unspecified atom stereocenters. The lowest BCUT2D eigenvalue weighted by molar-refractivity contribution is 0.629. The van der Waals surface area contributed by atoms with E-state index in [9.17, 15) is 4.39 Å². The number of hydrogen-bond acceptors (Lipinski definition) is 2. The molecule has 90 valence electrons. The van der Waals surface area contributed by atoms with E-state index in [-0.39, 0.29) is 5.82 Å². The van der Waals surface area contributed by atoms with Crippen LogP contribution in [0, 0.1) is 5.82 Å². The van der Waals surface area contributed by atoms with E-state index in [0.717, 1.165) is 5.69 Å². The SMILES string of the molecule is CNCc1nc(-c2ccccc2F)n(C)c1Cl. The molecule has 0 fully saturated rings. The molecule has 0 saturated carbocycles. The molecule has 0 radical (unpaired) electrons. The van der Waals surface area contributed by atoms with Crippen molar-refractivity contribution in [1.29, 1.82) is 0 Å². The zero-order valence-electron chi connectivity index (χ0n) is 9.67. The fraction of sp³-hybridized carbons (Fsp3) is 0.250. The first-order valence-electron chi connectivity index (χ1n) is 5.25. The van der Waals surface area contributed by atoms with E-state index in [4.69, 9.17) is 11.6 Å². The number of imidazole rings is 1. The first kappa shape index (κ1) is 12.1. The molecule has 0 aliphatic heterocycles. The number of rotatable bonds is 3. The molecule has 3 nitrogen and oxygen atoms in total. The van der Waals surface area contributed by atoms with Crippen LogP contribution >= 0.6 is 11.6 Å². The first-order valence-corrected chi connectivity index (χ1v) is 5.63. The quantitative estimate of drug-likeness (QED) is 0.911. The standard InChI is InChI=1S/C12H13ClFN3/c1-15-7-10-11(13)17(2)12(16-10)8-5-3-4-6-9(8)14/h3-6,15H,7H2,1-2H3. The lowest BCUT2D eigenvalue weighted by Gasteiger charge is -2.03. The van der Waals surface area contributed by atoms with Crippen LogP contribution in [0.3, 0.4) is 0 Å². The van der Waals surface area contributed by atoms with Gasteiger partial charge in [0.05, 0.1) is 11.3 Å². The summed E-state index contributed by atoms with van der Waals surface area (Å²) in [6.07, 6.45) is 0. The van der Waals surface area contributed by atoms with Gasteiger partial charge in [0.1, 0.15) is 16.8 Å². The van der Waals surface area contributed by atoms with Gasteiger partial charge < -0.3 is 9.88 Å². The fourth-order valence-electron chi connectivity index (χ4n) is 1.70. The Morgan fingerprint density at radius 1 is 1.41 bits per heavy atom. The smallest absolute Gasteiger partial charge is 0.144 e. The van der Waals surface area contributed by atoms with Gasteiger partial charge in [-0.25, -0.2) is 9.37 Å². The highest BCUT2D eigenvalue weighted by molar-refractivity contribution is 6.30. The van der Waals surface area contributed by atoms with Crippen LogP contribution < -0.4 is 5.32 Å². The molecule has 0 aliphatic rings. The Kier molecular flexibility index (Phi) is 3.45. The van der Waals surface area contributed by atoms with Gasteiger partial charge in [-0.2, -0.15) is 0 Å². The predicted octanol–water partition coefficient (Wildman–Crippen LogP) is 2.60. The Hall–Kier alpha value is -1.39. The van der Waals surface area contributed by atoms with Crippen LogP contribution in [-0.4, -0.2) is 16.6 Å². The van der Waals surface area contributed by atoms with Crippen molar-refractivity contribution in [2.24, 2.45) is 7.05 Å². The van der Waals surface area contributed by atoms with E-state index in [1.807, 2.05) is 7.05 Å². The van der Waals surface area contributed by atoms with Crippen LogP contribution in [0.4, 0.5) is 4.39 Å². The number of halogens is 2. The molecule has 0 spiro atoms. The number of nitrogens with one attached hydrogen (secondary N) is 1. The van der Waals surface area contributed by atoms with Crippen molar-refractivity contribution in [3.8, 4) is 11.4 Å². The lowest BCUT2D eigenvalue weighted by Crippen LogP contribution is -2.05. The summed E-state index contributed by atoms with van der Waals surface area (Å²) >= 11 is 6.13. The van der Waals surface area contributed by atoms with Crippen molar-refractivity contribution >= 4 is 11.6 Å². The second kappa shape index (κ2) is 4.85. The van der Waals surface area contributed by atoms with Crippen molar-refractivity contribution in [3.63, 3.8) is 0 Å². The van der Waals surface area contributed by atoms with Crippen molar-refractivity contribution in [3.05, 3.63) is 40.9 Å². The number of hydrogen-bond donors (Lipinski definition) is 1. The summed E-state index contributed by atoms with van der Waals surface area (Å²) < 4.78 is 15.4. The molecule has 1 aromatic heterocycles. The molecular weight excluding hydrogens is 241 g/mol. The molecule has 0 saturated heterocycles. The van der Waals surface area contributed by atoms with Crippen molar-refractivity contribution in [2.45, 2.75) is 6.54 Å². The second-order valence-electron chi connectivity index (χ2n) is 3.74. The van der Waals surface area contributed by atoms with Crippen LogP contribution in [0.25, 0.3) is 11.4 Å². The van der Waals surface area contributed by atoms with Crippen molar-refractivity contribution in [1.82, 2.24) is 14.9 Å². The van der Waals surface area contributed by atoms with E-state index in [1.54, 1.807) is 29.8 Å². The zero-order valence-corrected chi connectivity index (χ0v) is 10.4. The zero-order chi connectivity index (χ0) is 12.4. The monoisotopic (exact) mass is 253 g/mol. The maximum atomic E-state index is 13.7. The van der Waals surface area contributed by atoms with Crippen LogP contribution in [0.1, 0.15) is 5.69 Å². The molecule has 0 bridgehead atoms. The van der Waals surface area contributed by atoms with E-state index >= 15 is 0 Å². The van der Waals surface area contributed by atoms with Crippen molar-refractivity contribution < 1.29 is 4.39 Å². The van der Waals surface area contributed by atoms with Gasteiger partial charge in [0.15, 0.2) is 0 Å². The van der Waals surface area contributed by atoms with E-state index in [1.165, 1.54) is 6.07 Å². The van der Waals surface area contributed by atoms with Gasteiger partial charge in [-0.05, 0) is 19.2 Å². The predicted molar refractivity (Wildman–Crippen MR) is 66.4 cm³/mol. The lowest BCUT2D eigenvalue weighted by atomic mass is 10.2. The maximum Gasteiger partial charge on any atom is 0.144 e. The molecule has 5 heteroatoms. The fourth-order valence-corrected chi connectivity index (χ4v) is 1.89. The number of nitrogens with zero attached hydrogens (tertiary/aromatic N) is 2. The van der Waals surface area contributed by atoms with E-state index < -0.39 is 0 Å². The Labute approximate surface area is 104 Å². The van der Waals surface area contributed by atoms with Crippen LogP contribution in [-0.2, 0) is 13.6 Å². The summed E-state index contributed by atoms with van der Waals surface area (Å²) in [4.78, 5) is 4.36. The largest absolute Gasteiger partial charge is 0.318 e. The summed E-state index contributed by atoms with van der Waals surface area (Å²) in [5.74, 6) is 0.242. The van der Waals surface area contributed by atoms with E-state index in [0.29, 0.717) is 23.1 Å². The molecule has 1 heterocycles. The molecule has 0 atom stereocenters. The third-order valence-electron chi connectivity index (χ3n) is 2.55. The van der Waals surface area contributed by atoms with Gasteiger partial charge in [0.25, 0.3) is 0 Å². The average molecular weight is 254 g/mol. The summed E-state index contributed by atoms with van der Waals surface area (Å²) in [6, 6.07) is 6.53. The molecule has 2 aromatic rings. The highest BCUT2D eigenvalue weighted by Gasteiger charge is 2.15. The molecule has 0 amide bonds. The normalized spacial score (nSPS) is 10.8. The molecular formula is C12H13ClFN3. The van der Waals surface area contributed by atoms with Crippen LogP contribution in [0.2, 0.25) is 5.15 Å². The Balaban J connectivity index is 2.53. The van der Waals surface area contributed by atoms with Gasteiger partial charge in [-0.1, -0.05) is 23.7 Å². The Bertz CT molecular complexity index is 537.